The Morgan fingerprint density at radius 2 is 1.84 bits per heavy atom. The fourth-order valence-electron chi connectivity index (χ4n) is 4.00. The van der Waals surface area contributed by atoms with Gasteiger partial charge in [-0.1, -0.05) is 26.0 Å². The van der Waals surface area contributed by atoms with Crippen LogP contribution in [0.25, 0.3) is 11.0 Å². The third-order valence-corrected chi connectivity index (χ3v) is 8.01. The average Bonchev–Trinajstić information content (AvgIpc) is 3.58. The van der Waals surface area contributed by atoms with Gasteiger partial charge in [0.25, 0.3) is 5.91 Å². The Bertz CT molecular complexity index is 1260. The molecule has 0 aliphatic heterocycles. The number of carbonyl (C=O) groups is 1. The van der Waals surface area contributed by atoms with Gasteiger partial charge in [0.15, 0.2) is 5.65 Å². The van der Waals surface area contributed by atoms with E-state index in [2.05, 4.69) is 10.4 Å². The number of pyridine rings is 1. The molecule has 0 bridgehead atoms. The number of fused-ring (bicyclic) bond motifs is 1. The van der Waals surface area contributed by atoms with E-state index in [-0.39, 0.29) is 10.8 Å². The maximum absolute atomic E-state index is 13.1. The van der Waals surface area contributed by atoms with Crippen LogP contribution in [0.4, 0.5) is 0 Å². The highest BCUT2D eigenvalue weighted by Crippen LogP contribution is 2.40. The quantitative estimate of drug-likeness (QED) is 0.563. The van der Waals surface area contributed by atoms with E-state index >= 15 is 0 Å². The van der Waals surface area contributed by atoms with Crippen LogP contribution >= 0.6 is 0 Å². The first-order valence-corrected chi connectivity index (χ1v) is 12.4. The van der Waals surface area contributed by atoms with Crippen molar-refractivity contribution in [2.75, 3.05) is 13.1 Å². The minimum atomic E-state index is -3.50. The lowest BCUT2D eigenvalue weighted by atomic mass is 10.1. The standard InChI is InChI=1S/C23H29N5O3S/c1-5-28(6-2)32(30,31)18-11-7-16(8-12-18)14-24-23(29)19-13-20(17-9-10-17)25-22-21(19)15(3)26-27(22)4/h7-8,11-13,17H,5-6,9-10,14H2,1-4H3,(H,24,29). The Balaban J connectivity index is 1.54. The van der Waals surface area contributed by atoms with Crippen LogP contribution in [0.5, 0.6) is 0 Å². The zero-order valence-corrected chi connectivity index (χ0v) is 19.7. The second-order valence-electron chi connectivity index (χ2n) is 8.19. The van der Waals surface area contributed by atoms with Gasteiger partial charge in [-0.3, -0.25) is 9.48 Å². The summed E-state index contributed by atoms with van der Waals surface area (Å²) in [6.07, 6.45) is 2.19. The van der Waals surface area contributed by atoms with Crippen molar-refractivity contribution in [2.45, 2.75) is 51.0 Å². The average molecular weight is 456 g/mol. The number of nitrogens with zero attached hydrogens (tertiary/aromatic N) is 4. The van der Waals surface area contributed by atoms with Crippen molar-refractivity contribution in [3.8, 4) is 0 Å². The van der Waals surface area contributed by atoms with E-state index in [0.29, 0.717) is 31.1 Å². The monoisotopic (exact) mass is 455 g/mol. The first-order valence-electron chi connectivity index (χ1n) is 11.0. The largest absolute Gasteiger partial charge is 0.348 e. The SMILES string of the molecule is CCN(CC)S(=O)(=O)c1ccc(CNC(=O)c2cc(C3CC3)nc3c2c(C)nn3C)cc1. The summed E-state index contributed by atoms with van der Waals surface area (Å²) in [5, 5.41) is 8.19. The Labute approximate surface area is 188 Å². The molecule has 1 aliphatic carbocycles. The normalized spacial score (nSPS) is 14.3. The zero-order valence-electron chi connectivity index (χ0n) is 18.9. The molecule has 2 heterocycles. The summed E-state index contributed by atoms with van der Waals surface area (Å²) in [6, 6.07) is 8.56. The zero-order chi connectivity index (χ0) is 23.0. The van der Waals surface area contributed by atoms with Crippen LogP contribution in [0.2, 0.25) is 0 Å². The number of carbonyl (C=O) groups excluding carboxylic acids is 1. The van der Waals surface area contributed by atoms with E-state index in [4.69, 9.17) is 4.98 Å². The van der Waals surface area contributed by atoms with Gasteiger partial charge in [-0.2, -0.15) is 9.40 Å². The van der Waals surface area contributed by atoms with Gasteiger partial charge >= 0.3 is 0 Å². The summed E-state index contributed by atoms with van der Waals surface area (Å²) in [6.45, 7) is 6.67. The molecule has 0 radical (unpaired) electrons. The van der Waals surface area contributed by atoms with E-state index in [9.17, 15) is 13.2 Å². The summed E-state index contributed by atoms with van der Waals surface area (Å²) in [5.41, 5.74) is 3.85. The van der Waals surface area contributed by atoms with Crippen molar-refractivity contribution in [1.29, 1.82) is 0 Å². The molecule has 9 heteroatoms. The van der Waals surface area contributed by atoms with Gasteiger partial charge in [0.2, 0.25) is 10.0 Å². The van der Waals surface area contributed by atoms with Crippen LogP contribution in [0, 0.1) is 6.92 Å². The highest BCUT2D eigenvalue weighted by atomic mass is 32.2. The summed E-state index contributed by atoms with van der Waals surface area (Å²) in [5.74, 6) is 0.233. The van der Waals surface area contributed by atoms with Crippen molar-refractivity contribution in [3.05, 3.63) is 52.8 Å². The summed E-state index contributed by atoms with van der Waals surface area (Å²) in [7, 11) is -1.65. The summed E-state index contributed by atoms with van der Waals surface area (Å²) >= 11 is 0. The van der Waals surface area contributed by atoms with Crippen molar-refractivity contribution in [2.24, 2.45) is 7.05 Å². The van der Waals surface area contributed by atoms with E-state index in [1.54, 1.807) is 28.9 Å². The second-order valence-corrected chi connectivity index (χ2v) is 10.1. The molecule has 3 aromatic rings. The van der Waals surface area contributed by atoms with Crippen LogP contribution in [-0.4, -0.2) is 46.5 Å². The molecule has 0 atom stereocenters. The lowest BCUT2D eigenvalue weighted by molar-refractivity contribution is 0.0952. The number of aryl methyl sites for hydroxylation is 2. The number of rotatable bonds is 8. The predicted molar refractivity (Wildman–Crippen MR) is 123 cm³/mol. The molecule has 0 saturated heterocycles. The Morgan fingerprint density at radius 3 is 2.44 bits per heavy atom. The van der Waals surface area contributed by atoms with Gasteiger partial charge in [-0.15, -0.1) is 0 Å². The molecular formula is C23H29N5O3S. The molecular weight excluding hydrogens is 426 g/mol. The highest BCUT2D eigenvalue weighted by molar-refractivity contribution is 7.89. The van der Waals surface area contributed by atoms with Crippen LogP contribution in [0.1, 0.15) is 59.9 Å². The lowest BCUT2D eigenvalue weighted by Crippen LogP contribution is -2.30. The second kappa shape index (κ2) is 8.63. The van der Waals surface area contributed by atoms with Gasteiger partial charge in [0, 0.05) is 38.3 Å². The third kappa shape index (κ3) is 4.14. The molecule has 8 nitrogen and oxygen atoms in total. The van der Waals surface area contributed by atoms with Crippen molar-refractivity contribution in [3.63, 3.8) is 0 Å². The molecule has 32 heavy (non-hydrogen) atoms. The molecule has 1 fully saturated rings. The van der Waals surface area contributed by atoms with Gasteiger partial charge < -0.3 is 5.32 Å². The number of benzene rings is 1. The summed E-state index contributed by atoms with van der Waals surface area (Å²) in [4.78, 5) is 18.1. The van der Waals surface area contributed by atoms with Crippen LogP contribution in [0.15, 0.2) is 35.2 Å². The maximum atomic E-state index is 13.1. The van der Waals surface area contributed by atoms with E-state index in [1.807, 2.05) is 33.9 Å². The van der Waals surface area contributed by atoms with E-state index < -0.39 is 10.0 Å². The third-order valence-electron chi connectivity index (χ3n) is 5.95. The predicted octanol–water partition coefficient (Wildman–Crippen LogP) is 3.11. The molecule has 1 amide bonds. The lowest BCUT2D eigenvalue weighted by Gasteiger charge is -2.18. The van der Waals surface area contributed by atoms with Crippen molar-refractivity contribution < 1.29 is 13.2 Å². The first kappa shape index (κ1) is 22.4. The Hall–Kier alpha value is -2.78. The number of aromatic nitrogens is 3. The fourth-order valence-corrected chi connectivity index (χ4v) is 5.46. The van der Waals surface area contributed by atoms with E-state index in [1.165, 1.54) is 4.31 Å². The highest BCUT2D eigenvalue weighted by Gasteiger charge is 2.28. The topological polar surface area (TPSA) is 97.2 Å². The number of hydrogen-bond donors (Lipinski definition) is 1. The molecule has 4 rings (SSSR count). The number of amides is 1. The molecule has 1 aliphatic rings. The Kier molecular flexibility index (Phi) is 6.05. The van der Waals surface area contributed by atoms with Gasteiger partial charge in [0.05, 0.1) is 21.5 Å². The number of sulfonamides is 1. The van der Waals surface area contributed by atoms with Gasteiger partial charge in [-0.05, 0) is 43.5 Å². The van der Waals surface area contributed by atoms with Crippen molar-refractivity contribution >= 4 is 27.0 Å². The van der Waals surface area contributed by atoms with Crippen LogP contribution in [0.3, 0.4) is 0 Å². The minimum absolute atomic E-state index is 0.185. The molecule has 1 N–H and O–H groups in total. The van der Waals surface area contributed by atoms with Crippen molar-refractivity contribution in [1.82, 2.24) is 24.4 Å². The molecule has 1 aromatic carbocycles. The first-order chi connectivity index (χ1) is 15.3. The van der Waals surface area contributed by atoms with E-state index in [0.717, 1.165) is 40.8 Å². The van der Waals surface area contributed by atoms with Gasteiger partial charge in [-0.25, -0.2) is 13.4 Å². The maximum Gasteiger partial charge on any atom is 0.252 e. The smallest absolute Gasteiger partial charge is 0.252 e. The Morgan fingerprint density at radius 1 is 1.19 bits per heavy atom. The number of hydrogen-bond acceptors (Lipinski definition) is 5. The van der Waals surface area contributed by atoms with Crippen LogP contribution in [-0.2, 0) is 23.6 Å². The molecule has 2 aromatic heterocycles. The summed E-state index contributed by atoms with van der Waals surface area (Å²) < 4.78 is 28.4. The molecule has 0 unspecified atom stereocenters. The number of nitrogens with one attached hydrogen (secondary N) is 1. The minimum Gasteiger partial charge on any atom is -0.348 e. The molecule has 170 valence electrons. The molecule has 0 spiro atoms. The molecule has 1 saturated carbocycles. The fraction of sp³-hybridized carbons (Fsp3) is 0.435. The van der Waals surface area contributed by atoms with Gasteiger partial charge in [0.1, 0.15) is 0 Å². The van der Waals surface area contributed by atoms with Crippen LogP contribution < -0.4 is 5.32 Å².